The van der Waals surface area contributed by atoms with Crippen LogP contribution in [0.25, 0.3) is 0 Å². The Morgan fingerprint density at radius 3 is 2.65 bits per heavy atom. The van der Waals surface area contributed by atoms with Gasteiger partial charge in [-0.3, -0.25) is 4.79 Å². The van der Waals surface area contributed by atoms with Crippen LogP contribution in [-0.2, 0) is 4.74 Å². The van der Waals surface area contributed by atoms with Crippen molar-refractivity contribution in [3.05, 3.63) is 28.2 Å². The topological polar surface area (TPSA) is 59.6 Å². The van der Waals surface area contributed by atoms with Gasteiger partial charge < -0.3 is 20.1 Å². The van der Waals surface area contributed by atoms with Gasteiger partial charge in [0.1, 0.15) is 5.75 Å². The molecule has 2 rings (SSSR count). The summed E-state index contributed by atoms with van der Waals surface area (Å²) in [6.45, 7) is 3.20. The average molecular weight is 408 g/mol. The molecule has 0 aromatic heterocycles. The number of benzene rings is 1. The monoisotopic (exact) mass is 406 g/mol. The summed E-state index contributed by atoms with van der Waals surface area (Å²) in [4.78, 5) is 12.5. The van der Waals surface area contributed by atoms with E-state index in [1.807, 2.05) is 12.1 Å². The van der Waals surface area contributed by atoms with Crippen LogP contribution in [-0.4, -0.2) is 46.4 Å². The van der Waals surface area contributed by atoms with Crippen LogP contribution in [0.15, 0.2) is 22.7 Å². The van der Waals surface area contributed by atoms with E-state index in [0.29, 0.717) is 24.5 Å². The van der Waals surface area contributed by atoms with Crippen LogP contribution < -0.4 is 15.4 Å². The summed E-state index contributed by atoms with van der Waals surface area (Å²) in [5, 5.41) is 6.40. The summed E-state index contributed by atoms with van der Waals surface area (Å²) in [5.74, 6) is 0.571. The van der Waals surface area contributed by atoms with Crippen LogP contribution in [0.3, 0.4) is 0 Å². The van der Waals surface area contributed by atoms with Gasteiger partial charge in [0.25, 0.3) is 5.91 Å². The Morgan fingerprint density at radius 1 is 1.35 bits per heavy atom. The third-order valence-corrected chi connectivity index (χ3v) is 4.85. The van der Waals surface area contributed by atoms with Crippen LogP contribution in [0.2, 0.25) is 0 Å². The summed E-state index contributed by atoms with van der Waals surface area (Å²) in [5.41, 5.74) is 0.599. The molecule has 1 fully saturated rings. The highest BCUT2D eigenvalue weighted by atomic mass is 79.9. The minimum Gasteiger partial charge on any atom is -0.497 e. The zero-order chi connectivity index (χ0) is 16.0. The first kappa shape index (κ1) is 20.2. The highest BCUT2D eigenvalue weighted by Gasteiger charge is 2.32. The van der Waals surface area contributed by atoms with Crippen LogP contribution in [0, 0.1) is 5.41 Å². The third kappa shape index (κ3) is 5.35. The number of hydrogen-bond acceptors (Lipinski definition) is 4. The second-order valence-corrected chi connectivity index (χ2v) is 6.57. The molecule has 7 heteroatoms. The van der Waals surface area contributed by atoms with E-state index in [1.54, 1.807) is 20.3 Å². The molecule has 1 heterocycles. The van der Waals surface area contributed by atoms with Crippen LogP contribution >= 0.6 is 28.3 Å². The van der Waals surface area contributed by atoms with E-state index in [0.717, 1.165) is 30.4 Å². The number of carbonyl (C=O) groups excluding carboxylic acids is 1. The van der Waals surface area contributed by atoms with Crippen LogP contribution in [0.4, 0.5) is 0 Å². The summed E-state index contributed by atoms with van der Waals surface area (Å²) in [7, 11) is 3.30. The van der Waals surface area contributed by atoms with E-state index in [2.05, 4.69) is 26.6 Å². The number of carbonyl (C=O) groups is 1. The number of piperidine rings is 1. The quantitative estimate of drug-likeness (QED) is 0.761. The fourth-order valence-corrected chi connectivity index (χ4v) is 3.23. The SMILES string of the molecule is COCC1(CNC(=O)c2cc(OC)ccc2Br)CCNCC1.Cl. The number of rotatable bonds is 6. The van der Waals surface area contributed by atoms with Gasteiger partial charge in [0.2, 0.25) is 0 Å². The second-order valence-electron chi connectivity index (χ2n) is 5.71. The van der Waals surface area contributed by atoms with E-state index in [1.165, 1.54) is 0 Å². The van der Waals surface area contributed by atoms with Gasteiger partial charge >= 0.3 is 0 Å². The molecule has 0 unspecified atom stereocenters. The molecule has 2 N–H and O–H groups in total. The van der Waals surface area contributed by atoms with E-state index < -0.39 is 0 Å². The molecule has 0 radical (unpaired) electrons. The van der Waals surface area contributed by atoms with E-state index in [9.17, 15) is 4.79 Å². The Balaban J connectivity index is 0.00000264. The summed E-state index contributed by atoms with van der Waals surface area (Å²) >= 11 is 3.42. The molecule has 1 aromatic rings. The molecule has 23 heavy (non-hydrogen) atoms. The van der Waals surface area contributed by atoms with Gasteiger partial charge in [-0.1, -0.05) is 0 Å². The number of halogens is 2. The summed E-state index contributed by atoms with van der Waals surface area (Å²) in [6.07, 6.45) is 2.00. The second kappa shape index (κ2) is 9.47. The normalized spacial score (nSPS) is 16.3. The van der Waals surface area contributed by atoms with Gasteiger partial charge in [0.05, 0.1) is 19.3 Å². The Labute approximate surface area is 152 Å². The standard InChI is InChI=1S/C16H23BrN2O3.ClH/c1-21-11-16(5-7-18-8-6-16)10-19-15(20)13-9-12(22-2)3-4-14(13)17;/h3-4,9,18H,5-8,10-11H2,1-2H3,(H,19,20);1H. The van der Waals surface area contributed by atoms with Crippen molar-refractivity contribution in [2.45, 2.75) is 12.8 Å². The molecule has 1 aromatic carbocycles. The van der Waals surface area contributed by atoms with Crippen molar-refractivity contribution in [1.29, 1.82) is 0 Å². The molecular weight excluding hydrogens is 384 g/mol. The van der Waals surface area contributed by atoms with Crippen molar-refractivity contribution in [3.63, 3.8) is 0 Å². The Kier molecular flexibility index (Phi) is 8.33. The van der Waals surface area contributed by atoms with Crippen molar-refractivity contribution >= 4 is 34.2 Å². The molecular formula is C16H24BrClN2O3. The highest BCUT2D eigenvalue weighted by Crippen LogP contribution is 2.29. The van der Waals surface area contributed by atoms with Crippen molar-refractivity contribution in [2.24, 2.45) is 5.41 Å². The van der Waals surface area contributed by atoms with Crippen LogP contribution in [0.5, 0.6) is 5.75 Å². The first-order valence-electron chi connectivity index (χ1n) is 7.42. The van der Waals surface area contributed by atoms with E-state index in [-0.39, 0.29) is 23.7 Å². The predicted molar refractivity (Wildman–Crippen MR) is 96.7 cm³/mol. The molecule has 1 aliphatic rings. The molecule has 0 spiro atoms. The van der Waals surface area contributed by atoms with Gasteiger partial charge in [0.15, 0.2) is 0 Å². The Morgan fingerprint density at radius 2 is 2.04 bits per heavy atom. The van der Waals surface area contributed by atoms with Crippen molar-refractivity contribution in [1.82, 2.24) is 10.6 Å². The zero-order valence-electron chi connectivity index (χ0n) is 13.5. The number of methoxy groups -OCH3 is 2. The molecule has 130 valence electrons. The molecule has 1 saturated heterocycles. The van der Waals surface area contributed by atoms with Crippen molar-refractivity contribution in [2.75, 3.05) is 40.5 Å². The average Bonchev–Trinajstić information content (AvgIpc) is 2.54. The maximum Gasteiger partial charge on any atom is 0.252 e. The lowest BCUT2D eigenvalue weighted by molar-refractivity contribution is 0.0511. The zero-order valence-corrected chi connectivity index (χ0v) is 15.9. The lowest BCUT2D eigenvalue weighted by Crippen LogP contribution is -2.47. The predicted octanol–water partition coefficient (Wildman–Crippen LogP) is 2.63. The minimum atomic E-state index is -0.0974. The fourth-order valence-electron chi connectivity index (χ4n) is 2.80. The number of amides is 1. The highest BCUT2D eigenvalue weighted by molar-refractivity contribution is 9.10. The van der Waals surface area contributed by atoms with E-state index >= 15 is 0 Å². The van der Waals surface area contributed by atoms with Gasteiger partial charge in [-0.25, -0.2) is 0 Å². The lowest BCUT2D eigenvalue weighted by Gasteiger charge is -2.37. The van der Waals surface area contributed by atoms with Gasteiger partial charge in [-0.2, -0.15) is 0 Å². The molecule has 0 bridgehead atoms. The minimum absolute atomic E-state index is 0. The van der Waals surface area contributed by atoms with Crippen LogP contribution in [0.1, 0.15) is 23.2 Å². The molecule has 0 saturated carbocycles. The smallest absolute Gasteiger partial charge is 0.252 e. The summed E-state index contributed by atoms with van der Waals surface area (Å²) in [6, 6.07) is 5.38. The maximum absolute atomic E-state index is 12.5. The first-order valence-corrected chi connectivity index (χ1v) is 8.21. The van der Waals surface area contributed by atoms with Gasteiger partial charge in [0, 0.05) is 23.5 Å². The summed E-state index contributed by atoms with van der Waals surface area (Å²) < 4.78 is 11.3. The molecule has 1 aliphatic heterocycles. The molecule has 0 atom stereocenters. The van der Waals surface area contributed by atoms with Crippen molar-refractivity contribution < 1.29 is 14.3 Å². The third-order valence-electron chi connectivity index (χ3n) is 4.16. The van der Waals surface area contributed by atoms with Gasteiger partial charge in [-0.15, -0.1) is 12.4 Å². The molecule has 0 aliphatic carbocycles. The maximum atomic E-state index is 12.5. The Hall–Kier alpha value is -0.820. The lowest BCUT2D eigenvalue weighted by atomic mass is 9.79. The largest absolute Gasteiger partial charge is 0.497 e. The number of ether oxygens (including phenoxy) is 2. The number of nitrogens with one attached hydrogen (secondary N) is 2. The fraction of sp³-hybridized carbons (Fsp3) is 0.562. The van der Waals surface area contributed by atoms with E-state index in [4.69, 9.17) is 9.47 Å². The molecule has 5 nitrogen and oxygen atoms in total. The van der Waals surface area contributed by atoms with Gasteiger partial charge in [-0.05, 0) is 60.1 Å². The first-order chi connectivity index (χ1) is 10.6. The van der Waals surface area contributed by atoms with Crippen molar-refractivity contribution in [3.8, 4) is 5.75 Å². The Bertz CT molecular complexity index is 517. The molecule has 1 amide bonds. The number of hydrogen-bond donors (Lipinski definition) is 2.